The number of thioether (sulfide) groups is 1. The van der Waals surface area contributed by atoms with Crippen molar-refractivity contribution in [2.75, 3.05) is 12.8 Å². The number of aryl methyl sites for hydroxylation is 1. The monoisotopic (exact) mass is 421 g/mol. The summed E-state index contributed by atoms with van der Waals surface area (Å²) < 4.78 is 3.53. The molecule has 0 radical (unpaired) electrons. The smallest absolute Gasteiger partial charge is 0.262 e. The van der Waals surface area contributed by atoms with Gasteiger partial charge in [0.15, 0.2) is 5.16 Å². The Bertz CT molecular complexity index is 1250. The molecule has 0 unspecified atom stereocenters. The van der Waals surface area contributed by atoms with E-state index in [2.05, 4.69) is 10.2 Å². The number of aromatic nitrogens is 4. The van der Waals surface area contributed by atoms with Gasteiger partial charge in [0.2, 0.25) is 11.7 Å². The van der Waals surface area contributed by atoms with Gasteiger partial charge in [0.05, 0.1) is 16.7 Å². The zero-order valence-electron chi connectivity index (χ0n) is 17.0. The zero-order chi connectivity index (χ0) is 21.1. The van der Waals surface area contributed by atoms with Gasteiger partial charge in [0, 0.05) is 20.1 Å². The topological polar surface area (TPSA) is 72.5 Å². The SMILES string of the molecule is CCCn1c(=O)c2ccccc2n2c(SCC(=O)N(C)Cc3ccccc3)nnc12. The quantitative estimate of drug-likeness (QED) is 0.429. The minimum Gasteiger partial charge on any atom is -0.341 e. The lowest BCUT2D eigenvalue weighted by Crippen LogP contribution is -2.27. The van der Waals surface area contributed by atoms with Crippen LogP contribution in [0.1, 0.15) is 18.9 Å². The van der Waals surface area contributed by atoms with Crippen molar-refractivity contribution in [2.45, 2.75) is 31.6 Å². The molecule has 8 heteroatoms. The van der Waals surface area contributed by atoms with E-state index in [1.165, 1.54) is 11.8 Å². The first-order valence-electron chi connectivity index (χ1n) is 9.87. The number of para-hydroxylation sites is 1. The van der Waals surface area contributed by atoms with Crippen molar-refractivity contribution in [3.05, 3.63) is 70.5 Å². The molecule has 1 amide bonds. The number of hydrogen-bond acceptors (Lipinski definition) is 5. The predicted molar refractivity (Wildman–Crippen MR) is 119 cm³/mol. The first kappa shape index (κ1) is 20.2. The van der Waals surface area contributed by atoms with E-state index in [0.717, 1.165) is 17.5 Å². The summed E-state index contributed by atoms with van der Waals surface area (Å²) in [5.41, 5.74) is 1.77. The summed E-state index contributed by atoms with van der Waals surface area (Å²) in [6.07, 6.45) is 0.812. The molecule has 0 saturated heterocycles. The molecular formula is C22H23N5O2S. The number of amides is 1. The fraction of sp³-hybridized carbons (Fsp3) is 0.273. The van der Waals surface area contributed by atoms with Crippen molar-refractivity contribution >= 4 is 34.3 Å². The van der Waals surface area contributed by atoms with E-state index >= 15 is 0 Å². The van der Waals surface area contributed by atoms with Gasteiger partial charge in [-0.15, -0.1) is 10.2 Å². The summed E-state index contributed by atoms with van der Waals surface area (Å²) >= 11 is 1.33. The molecule has 7 nitrogen and oxygen atoms in total. The fourth-order valence-electron chi connectivity index (χ4n) is 3.43. The van der Waals surface area contributed by atoms with Crippen LogP contribution < -0.4 is 5.56 Å². The van der Waals surface area contributed by atoms with Gasteiger partial charge in [-0.25, -0.2) is 0 Å². The van der Waals surface area contributed by atoms with Gasteiger partial charge in [-0.05, 0) is 24.1 Å². The number of hydrogen-bond donors (Lipinski definition) is 0. The highest BCUT2D eigenvalue weighted by Gasteiger charge is 2.18. The van der Waals surface area contributed by atoms with Crippen molar-refractivity contribution in [1.29, 1.82) is 0 Å². The van der Waals surface area contributed by atoms with E-state index in [1.807, 2.05) is 65.9 Å². The standard InChI is InChI=1S/C22H23N5O2S/c1-3-13-26-20(29)17-11-7-8-12-18(17)27-21(26)23-24-22(27)30-15-19(28)25(2)14-16-9-5-4-6-10-16/h4-12H,3,13-15H2,1-2H3. The summed E-state index contributed by atoms with van der Waals surface area (Å²) in [5, 5.41) is 9.78. The van der Waals surface area contributed by atoms with E-state index < -0.39 is 0 Å². The van der Waals surface area contributed by atoms with Gasteiger partial charge >= 0.3 is 0 Å². The minimum atomic E-state index is -0.0671. The average Bonchev–Trinajstić information content (AvgIpc) is 3.19. The normalized spacial score (nSPS) is 11.3. The highest BCUT2D eigenvalue weighted by atomic mass is 32.2. The van der Waals surface area contributed by atoms with Gasteiger partial charge in [0.25, 0.3) is 5.56 Å². The number of fused-ring (bicyclic) bond motifs is 3. The van der Waals surface area contributed by atoms with Crippen LogP contribution in [0.4, 0.5) is 0 Å². The van der Waals surface area contributed by atoms with Crippen LogP contribution in [0.2, 0.25) is 0 Å². The minimum absolute atomic E-state index is 0.00629. The van der Waals surface area contributed by atoms with Crippen molar-refractivity contribution in [2.24, 2.45) is 0 Å². The highest BCUT2D eigenvalue weighted by molar-refractivity contribution is 7.99. The first-order chi connectivity index (χ1) is 14.6. The summed E-state index contributed by atoms with van der Waals surface area (Å²) in [7, 11) is 1.80. The molecule has 4 rings (SSSR count). The third kappa shape index (κ3) is 3.82. The molecule has 0 N–H and O–H groups in total. The highest BCUT2D eigenvalue weighted by Crippen LogP contribution is 2.22. The van der Waals surface area contributed by atoms with E-state index in [4.69, 9.17) is 0 Å². The van der Waals surface area contributed by atoms with Crippen molar-refractivity contribution < 1.29 is 4.79 Å². The second kappa shape index (κ2) is 8.71. The number of benzene rings is 2. The van der Waals surface area contributed by atoms with E-state index in [9.17, 15) is 9.59 Å². The molecule has 154 valence electrons. The third-order valence-electron chi connectivity index (χ3n) is 4.94. The Morgan fingerprint density at radius 1 is 1.07 bits per heavy atom. The van der Waals surface area contributed by atoms with E-state index in [0.29, 0.717) is 29.4 Å². The van der Waals surface area contributed by atoms with Crippen LogP contribution in [0.25, 0.3) is 16.7 Å². The summed E-state index contributed by atoms with van der Waals surface area (Å²) in [6, 6.07) is 17.3. The number of rotatable bonds is 7. The molecule has 0 saturated carbocycles. The molecule has 2 heterocycles. The molecule has 2 aromatic heterocycles. The van der Waals surface area contributed by atoms with Crippen LogP contribution >= 0.6 is 11.8 Å². The summed E-state index contributed by atoms with van der Waals surface area (Å²) in [5.74, 6) is 0.755. The lowest BCUT2D eigenvalue weighted by molar-refractivity contribution is -0.127. The fourth-order valence-corrected chi connectivity index (χ4v) is 4.31. The molecule has 0 atom stereocenters. The maximum absolute atomic E-state index is 12.9. The molecule has 0 aliphatic rings. The predicted octanol–water partition coefficient (Wildman–Crippen LogP) is 3.20. The molecule has 30 heavy (non-hydrogen) atoms. The summed E-state index contributed by atoms with van der Waals surface area (Å²) in [6.45, 7) is 3.14. The van der Waals surface area contributed by atoms with E-state index in [1.54, 1.807) is 16.5 Å². The molecule has 0 aliphatic carbocycles. The van der Waals surface area contributed by atoms with E-state index in [-0.39, 0.29) is 17.2 Å². The Hall–Kier alpha value is -3.13. The van der Waals surface area contributed by atoms with Crippen LogP contribution in [-0.4, -0.2) is 42.8 Å². The Balaban J connectivity index is 1.62. The van der Waals surface area contributed by atoms with Gasteiger partial charge in [-0.1, -0.05) is 61.2 Å². The third-order valence-corrected chi connectivity index (χ3v) is 5.85. The maximum atomic E-state index is 12.9. The van der Waals surface area contributed by atoms with Gasteiger partial charge in [-0.2, -0.15) is 0 Å². The van der Waals surface area contributed by atoms with Crippen LogP contribution in [-0.2, 0) is 17.9 Å². The van der Waals surface area contributed by atoms with Crippen molar-refractivity contribution in [1.82, 2.24) is 24.1 Å². The number of carbonyl (C=O) groups is 1. The number of carbonyl (C=O) groups excluding carboxylic acids is 1. The number of nitrogens with zero attached hydrogens (tertiary/aromatic N) is 5. The van der Waals surface area contributed by atoms with Gasteiger partial charge in [0.1, 0.15) is 0 Å². The van der Waals surface area contributed by atoms with Crippen molar-refractivity contribution in [3.8, 4) is 0 Å². The van der Waals surface area contributed by atoms with Crippen molar-refractivity contribution in [3.63, 3.8) is 0 Å². The second-order valence-corrected chi connectivity index (χ2v) is 8.06. The van der Waals surface area contributed by atoms with Crippen LogP contribution in [0.3, 0.4) is 0 Å². The largest absolute Gasteiger partial charge is 0.341 e. The molecule has 0 fully saturated rings. The molecule has 4 aromatic rings. The van der Waals surface area contributed by atoms with Crippen LogP contribution in [0.5, 0.6) is 0 Å². The lowest BCUT2D eigenvalue weighted by Gasteiger charge is -2.17. The van der Waals surface area contributed by atoms with Gasteiger partial charge in [-0.3, -0.25) is 18.6 Å². The molecule has 0 spiro atoms. The molecule has 0 bridgehead atoms. The summed E-state index contributed by atoms with van der Waals surface area (Å²) in [4.78, 5) is 27.2. The molecule has 2 aromatic carbocycles. The Morgan fingerprint density at radius 3 is 2.57 bits per heavy atom. The Morgan fingerprint density at radius 2 is 1.80 bits per heavy atom. The van der Waals surface area contributed by atoms with Crippen LogP contribution in [0, 0.1) is 0 Å². The lowest BCUT2D eigenvalue weighted by atomic mass is 10.2. The first-order valence-corrected chi connectivity index (χ1v) is 10.9. The molecular weight excluding hydrogens is 398 g/mol. The maximum Gasteiger partial charge on any atom is 0.262 e. The average molecular weight is 422 g/mol. The van der Waals surface area contributed by atoms with Crippen LogP contribution in [0.15, 0.2) is 64.5 Å². The zero-order valence-corrected chi connectivity index (χ0v) is 17.8. The Kier molecular flexibility index (Phi) is 5.85. The Labute approximate surface area is 178 Å². The van der Waals surface area contributed by atoms with Gasteiger partial charge < -0.3 is 4.90 Å². The second-order valence-electron chi connectivity index (χ2n) is 7.12. The molecule has 0 aliphatic heterocycles.